The molecule has 118 valence electrons. The number of halogens is 3. The minimum absolute atomic E-state index is 0.0558. The summed E-state index contributed by atoms with van der Waals surface area (Å²) >= 11 is 3.77. The van der Waals surface area contributed by atoms with E-state index in [1.165, 1.54) is 12.1 Å². The van der Waals surface area contributed by atoms with Gasteiger partial charge in [0.25, 0.3) is 0 Å². The van der Waals surface area contributed by atoms with Crippen LogP contribution >= 0.6 is 23.5 Å². The number of hydrogen-bond acceptors (Lipinski definition) is 3. The molecule has 1 N–H and O–H groups in total. The zero-order chi connectivity index (χ0) is 15.6. The third-order valence-corrected chi connectivity index (χ3v) is 7.32. The van der Waals surface area contributed by atoms with Crippen molar-refractivity contribution in [3.05, 3.63) is 35.4 Å². The Morgan fingerprint density at radius 1 is 1.24 bits per heavy atom. The van der Waals surface area contributed by atoms with Crippen LogP contribution in [0.25, 0.3) is 0 Å². The lowest BCUT2D eigenvalue weighted by Gasteiger charge is -2.36. The third kappa shape index (κ3) is 4.11. The molecule has 1 aliphatic heterocycles. The van der Waals surface area contributed by atoms with Crippen LogP contribution in [0.2, 0.25) is 0 Å². The summed E-state index contributed by atoms with van der Waals surface area (Å²) < 4.78 is 38.6. The van der Waals surface area contributed by atoms with Crippen LogP contribution in [0.15, 0.2) is 24.3 Å². The predicted molar refractivity (Wildman–Crippen MR) is 86.0 cm³/mol. The Bertz CT molecular complexity index is 478. The van der Waals surface area contributed by atoms with Crippen molar-refractivity contribution in [2.75, 3.05) is 12.8 Å². The summed E-state index contributed by atoms with van der Waals surface area (Å²) in [5, 5.41) is 4.59. The van der Waals surface area contributed by atoms with Gasteiger partial charge in [-0.25, -0.2) is 0 Å². The van der Waals surface area contributed by atoms with Crippen LogP contribution in [0.3, 0.4) is 0 Å². The van der Waals surface area contributed by atoms with Gasteiger partial charge in [-0.2, -0.15) is 36.7 Å². The molecule has 1 aromatic rings. The number of alkyl halides is 3. The molecule has 2 rings (SSSR count). The molecule has 0 aromatic heterocycles. The summed E-state index contributed by atoms with van der Waals surface area (Å²) in [4.78, 5) is 0. The highest BCUT2D eigenvalue weighted by molar-refractivity contribution is 8.07. The number of hydrogen-bond donors (Lipinski definition) is 1. The minimum Gasteiger partial charge on any atom is -0.312 e. The zero-order valence-electron chi connectivity index (χ0n) is 12.3. The molecule has 1 fully saturated rings. The molecule has 0 saturated carbocycles. The van der Waals surface area contributed by atoms with Gasteiger partial charge in [-0.05, 0) is 24.7 Å². The van der Waals surface area contributed by atoms with E-state index in [9.17, 15) is 13.2 Å². The monoisotopic (exact) mass is 335 g/mol. The third-order valence-electron chi connectivity index (χ3n) is 3.83. The van der Waals surface area contributed by atoms with E-state index in [1.807, 2.05) is 30.6 Å². The smallest absolute Gasteiger partial charge is 0.312 e. The zero-order valence-corrected chi connectivity index (χ0v) is 13.9. The van der Waals surface area contributed by atoms with Gasteiger partial charge in [0.1, 0.15) is 0 Å². The molecular weight excluding hydrogens is 315 g/mol. The number of thioether (sulfide) groups is 2. The normalized spacial score (nSPS) is 28.4. The van der Waals surface area contributed by atoms with Crippen LogP contribution in [0.5, 0.6) is 0 Å². The first-order chi connectivity index (χ1) is 9.82. The van der Waals surface area contributed by atoms with Gasteiger partial charge < -0.3 is 5.32 Å². The van der Waals surface area contributed by atoms with Crippen LogP contribution in [0.1, 0.15) is 31.0 Å². The molecule has 4 atom stereocenters. The average molecular weight is 335 g/mol. The highest BCUT2D eigenvalue weighted by Gasteiger charge is 2.34. The second-order valence-electron chi connectivity index (χ2n) is 5.31. The Balaban J connectivity index is 2.22. The Morgan fingerprint density at radius 3 is 2.52 bits per heavy atom. The molecule has 0 radical (unpaired) electrons. The summed E-state index contributed by atoms with van der Waals surface area (Å²) in [5.74, 6) is 0.956. The first-order valence-corrected chi connectivity index (χ1v) is 8.93. The Morgan fingerprint density at radius 2 is 1.95 bits per heavy atom. The molecule has 6 heteroatoms. The van der Waals surface area contributed by atoms with Crippen molar-refractivity contribution >= 4 is 23.5 Å². The van der Waals surface area contributed by atoms with E-state index in [-0.39, 0.29) is 11.3 Å². The standard InChI is InChI=1S/C15H20F3NS2/c1-9-10(2)21-13(8-20-9)14(19-3)11-5-4-6-12(7-11)15(16,17)18/h4-7,9-10,13-14,19H,8H2,1-3H3. The van der Waals surface area contributed by atoms with E-state index in [0.29, 0.717) is 16.1 Å². The lowest BCUT2D eigenvalue weighted by Crippen LogP contribution is -2.35. The highest BCUT2D eigenvalue weighted by atomic mass is 32.2. The maximum Gasteiger partial charge on any atom is 0.416 e. The van der Waals surface area contributed by atoms with Crippen molar-refractivity contribution in [1.29, 1.82) is 0 Å². The van der Waals surface area contributed by atoms with E-state index in [4.69, 9.17) is 0 Å². The van der Waals surface area contributed by atoms with E-state index in [1.54, 1.807) is 6.07 Å². The maximum atomic E-state index is 12.9. The van der Waals surface area contributed by atoms with E-state index < -0.39 is 11.7 Å². The fraction of sp³-hybridized carbons (Fsp3) is 0.600. The molecule has 0 amide bonds. The summed E-state index contributed by atoms with van der Waals surface area (Å²) in [7, 11) is 1.82. The second kappa shape index (κ2) is 6.84. The van der Waals surface area contributed by atoms with Crippen molar-refractivity contribution in [3.8, 4) is 0 Å². The van der Waals surface area contributed by atoms with Gasteiger partial charge in [-0.3, -0.25) is 0 Å². The minimum atomic E-state index is -4.29. The predicted octanol–water partition coefficient (Wildman–Crippen LogP) is 4.59. The highest BCUT2D eigenvalue weighted by Crippen LogP contribution is 2.41. The molecule has 1 aromatic carbocycles. The Labute approximate surface area is 132 Å². The number of nitrogens with one attached hydrogen (secondary N) is 1. The lowest BCUT2D eigenvalue weighted by molar-refractivity contribution is -0.137. The average Bonchev–Trinajstić information content (AvgIpc) is 2.43. The molecule has 1 aliphatic rings. The topological polar surface area (TPSA) is 12.0 Å². The maximum absolute atomic E-state index is 12.9. The summed E-state index contributed by atoms with van der Waals surface area (Å²) in [5.41, 5.74) is 0.141. The Kier molecular flexibility index (Phi) is 5.54. The van der Waals surface area contributed by atoms with E-state index in [2.05, 4.69) is 19.2 Å². The molecule has 1 saturated heterocycles. The van der Waals surface area contributed by atoms with Crippen LogP contribution < -0.4 is 5.32 Å². The largest absolute Gasteiger partial charge is 0.416 e. The Hall–Kier alpha value is -0.330. The molecule has 1 heterocycles. The van der Waals surface area contributed by atoms with Crippen molar-refractivity contribution in [2.24, 2.45) is 0 Å². The summed E-state index contributed by atoms with van der Waals surface area (Å²) in [6.07, 6.45) is -4.29. The SMILES string of the molecule is CNC(c1cccc(C(F)(F)F)c1)C1CSC(C)C(C)S1. The molecule has 21 heavy (non-hydrogen) atoms. The van der Waals surface area contributed by atoms with E-state index in [0.717, 1.165) is 11.8 Å². The van der Waals surface area contributed by atoms with Crippen LogP contribution in [-0.4, -0.2) is 28.6 Å². The molecule has 1 nitrogen and oxygen atoms in total. The molecule has 0 bridgehead atoms. The first kappa shape index (κ1) is 17.0. The van der Waals surface area contributed by atoms with Gasteiger partial charge in [0, 0.05) is 27.5 Å². The van der Waals surface area contributed by atoms with Gasteiger partial charge in [-0.1, -0.05) is 26.0 Å². The van der Waals surface area contributed by atoms with Gasteiger partial charge in [0.2, 0.25) is 0 Å². The quantitative estimate of drug-likeness (QED) is 0.867. The molecule has 4 unspecified atom stereocenters. The fourth-order valence-electron chi connectivity index (χ4n) is 2.46. The van der Waals surface area contributed by atoms with Crippen molar-refractivity contribution in [1.82, 2.24) is 5.32 Å². The van der Waals surface area contributed by atoms with Crippen molar-refractivity contribution in [3.63, 3.8) is 0 Å². The number of benzene rings is 1. The lowest BCUT2D eigenvalue weighted by atomic mass is 10.0. The van der Waals surface area contributed by atoms with Gasteiger partial charge >= 0.3 is 6.18 Å². The number of rotatable bonds is 3. The van der Waals surface area contributed by atoms with Crippen molar-refractivity contribution < 1.29 is 13.2 Å². The van der Waals surface area contributed by atoms with Gasteiger partial charge in [-0.15, -0.1) is 0 Å². The van der Waals surface area contributed by atoms with Gasteiger partial charge in [0.05, 0.1) is 5.56 Å². The van der Waals surface area contributed by atoms with Crippen LogP contribution in [-0.2, 0) is 6.18 Å². The second-order valence-corrected chi connectivity index (χ2v) is 8.34. The van der Waals surface area contributed by atoms with Crippen molar-refractivity contribution in [2.45, 2.75) is 41.8 Å². The molecule has 0 aliphatic carbocycles. The van der Waals surface area contributed by atoms with Crippen LogP contribution in [0.4, 0.5) is 13.2 Å². The fourth-order valence-corrected chi connectivity index (χ4v) is 5.62. The summed E-state index contributed by atoms with van der Waals surface area (Å²) in [6.45, 7) is 4.39. The van der Waals surface area contributed by atoms with E-state index >= 15 is 0 Å². The van der Waals surface area contributed by atoms with Crippen LogP contribution in [0, 0.1) is 0 Å². The van der Waals surface area contributed by atoms with Gasteiger partial charge in [0.15, 0.2) is 0 Å². The molecule has 0 spiro atoms. The summed E-state index contributed by atoms with van der Waals surface area (Å²) in [6, 6.07) is 5.62. The first-order valence-electron chi connectivity index (χ1n) is 6.94. The molecular formula is C15H20F3NS2.